The van der Waals surface area contributed by atoms with Crippen LogP contribution >= 0.6 is 11.6 Å². The molecule has 1 fully saturated rings. The molecule has 0 atom stereocenters. The number of benzene rings is 1. The smallest absolute Gasteiger partial charge is 0.214 e. The minimum Gasteiger partial charge on any atom is -0.354 e. The molecule has 0 amide bonds. The number of hydrogen-bond donors (Lipinski definition) is 2. The zero-order chi connectivity index (χ0) is 17.0. The van der Waals surface area contributed by atoms with Gasteiger partial charge in [0.05, 0.1) is 5.75 Å². The zero-order valence-corrected chi connectivity index (χ0v) is 15.1. The van der Waals surface area contributed by atoms with Crippen LogP contribution in [0, 0.1) is 0 Å². The summed E-state index contributed by atoms with van der Waals surface area (Å²) in [6.45, 7) is 1.81. The Morgan fingerprint density at radius 3 is 2.54 bits per heavy atom. The summed E-state index contributed by atoms with van der Waals surface area (Å²) in [6, 6.07) is 7.88. The second-order valence-electron chi connectivity index (χ2n) is 6.21. The molecule has 0 aliphatic carbocycles. The van der Waals surface area contributed by atoms with E-state index in [-0.39, 0.29) is 5.75 Å². The highest BCUT2D eigenvalue weighted by Gasteiger charge is 2.28. The highest BCUT2D eigenvalue weighted by molar-refractivity contribution is 7.89. The van der Waals surface area contributed by atoms with Crippen molar-refractivity contribution in [2.45, 2.75) is 31.6 Å². The molecule has 0 saturated carbocycles. The summed E-state index contributed by atoms with van der Waals surface area (Å²) < 4.78 is 26.6. The highest BCUT2D eigenvalue weighted by Crippen LogP contribution is 2.30. The largest absolute Gasteiger partial charge is 0.354 e. The highest BCUT2D eigenvalue weighted by atomic mass is 35.5. The summed E-state index contributed by atoms with van der Waals surface area (Å²) in [5.74, 6) is 1.43. The minimum absolute atomic E-state index is 0.180. The number of hydrogen-bond acceptors (Lipinski definition) is 5. The van der Waals surface area contributed by atoms with E-state index in [0.717, 1.165) is 23.7 Å². The average molecular weight is 371 g/mol. The van der Waals surface area contributed by atoms with Crippen molar-refractivity contribution in [3.63, 3.8) is 0 Å². The molecular formula is C16H23ClN4O2S. The maximum absolute atomic E-state index is 12.5. The number of amidine groups is 1. The van der Waals surface area contributed by atoms with Gasteiger partial charge in [0, 0.05) is 24.5 Å². The first-order valence-electron chi connectivity index (χ1n) is 8.31. The van der Waals surface area contributed by atoms with Gasteiger partial charge in [-0.25, -0.2) is 12.7 Å². The lowest BCUT2D eigenvalue weighted by molar-refractivity contribution is 0.319. The van der Waals surface area contributed by atoms with Gasteiger partial charge in [-0.1, -0.05) is 23.7 Å². The van der Waals surface area contributed by atoms with Gasteiger partial charge >= 0.3 is 0 Å². The van der Waals surface area contributed by atoms with Crippen LogP contribution in [0.15, 0.2) is 29.4 Å². The predicted molar refractivity (Wildman–Crippen MR) is 96.6 cm³/mol. The summed E-state index contributed by atoms with van der Waals surface area (Å²) in [6.07, 6.45) is 2.97. The monoisotopic (exact) mass is 370 g/mol. The Kier molecular flexibility index (Phi) is 5.63. The quantitative estimate of drug-likeness (QED) is 0.804. The van der Waals surface area contributed by atoms with Crippen LogP contribution in [0.2, 0.25) is 5.02 Å². The Bertz CT molecular complexity index is 683. The topological polar surface area (TPSA) is 73.8 Å². The molecule has 1 saturated heterocycles. The number of nitrogens with one attached hydrogen (secondary N) is 2. The molecule has 0 spiro atoms. The molecule has 0 radical (unpaired) electrons. The Labute approximate surface area is 148 Å². The van der Waals surface area contributed by atoms with Crippen LogP contribution in [-0.4, -0.2) is 44.1 Å². The van der Waals surface area contributed by atoms with Gasteiger partial charge in [0.1, 0.15) is 12.5 Å². The maximum Gasteiger partial charge on any atom is 0.214 e. The van der Waals surface area contributed by atoms with E-state index in [9.17, 15) is 8.42 Å². The van der Waals surface area contributed by atoms with E-state index in [0.29, 0.717) is 38.5 Å². The van der Waals surface area contributed by atoms with Crippen LogP contribution in [-0.2, 0) is 10.0 Å². The fourth-order valence-electron chi connectivity index (χ4n) is 3.21. The Morgan fingerprint density at radius 1 is 1.21 bits per heavy atom. The fourth-order valence-corrected chi connectivity index (χ4v) is 4.87. The lowest BCUT2D eigenvalue weighted by atomic mass is 9.90. The lowest BCUT2D eigenvalue weighted by Gasteiger charge is -2.31. The molecule has 2 aliphatic heterocycles. The molecule has 0 bridgehead atoms. The summed E-state index contributed by atoms with van der Waals surface area (Å²) in [5, 5.41) is 7.86. The van der Waals surface area contributed by atoms with Crippen LogP contribution in [0.25, 0.3) is 0 Å². The van der Waals surface area contributed by atoms with Gasteiger partial charge in [-0.2, -0.15) is 5.10 Å². The van der Waals surface area contributed by atoms with Crippen LogP contribution in [0.3, 0.4) is 0 Å². The van der Waals surface area contributed by atoms with E-state index in [4.69, 9.17) is 11.6 Å². The number of piperidine rings is 1. The predicted octanol–water partition coefficient (Wildman–Crippen LogP) is 2.09. The first kappa shape index (κ1) is 17.5. The van der Waals surface area contributed by atoms with E-state index >= 15 is 0 Å². The van der Waals surface area contributed by atoms with E-state index in [1.807, 2.05) is 24.3 Å². The zero-order valence-electron chi connectivity index (χ0n) is 13.5. The van der Waals surface area contributed by atoms with Gasteiger partial charge in [-0.15, -0.1) is 0 Å². The Morgan fingerprint density at radius 2 is 1.92 bits per heavy atom. The van der Waals surface area contributed by atoms with Crippen molar-refractivity contribution < 1.29 is 8.42 Å². The summed E-state index contributed by atoms with van der Waals surface area (Å²) in [7, 11) is -3.18. The van der Waals surface area contributed by atoms with Gasteiger partial charge in [0.25, 0.3) is 0 Å². The number of nitrogens with zero attached hydrogens (tertiary/aromatic N) is 2. The standard InChI is InChI=1S/C16H23ClN4O2S/c17-15-5-3-13(4-6-15)14-7-9-21(10-8-14)24(22,23)11-1-2-16-18-12-19-20-16/h3-6,14,19H,1-2,7-12H2,(H,18,20). The third-order valence-corrected chi connectivity index (χ3v) is 6.80. The molecule has 3 rings (SSSR count). The molecular weight excluding hydrogens is 348 g/mol. The molecule has 2 N–H and O–H groups in total. The van der Waals surface area contributed by atoms with Crippen LogP contribution in [0.4, 0.5) is 0 Å². The first-order valence-corrected chi connectivity index (χ1v) is 10.3. The molecule has 24 heavy (non-hydrogen) atoms. The molecule has 2 heterocycles. The van der Waals surface area contributed by atoms with Gasteiger partial charge in [0.15, 0.2) is 0 Å². The summed E-state index contributed by atoms with van der Waals surface area (Å²) >= 11 is 5.92. The van der Waals surface area contributed by atoms with Gasteiger partial charge in [-0.05, 0) is 42.9 Å². The molecule has 8 heteroatoms. The first-order chi connectivity index (χ1) is 11.5. The van der Waals surface area contributed by atoms with Crippen LogP contribution < -0.4 is 10.7 Å². The third-order valence-electron chi connectivity index (χ3n) is 4.59. The van der Waals surface area contributed by atoms with Crippen molar-refractivity contribution >= 4 is 27.5 Å². The van der Waals surface area contributed by atoms with Gasteiger partial charge < -0.3 is 5.32 Å². The molecule has 0 unspecified atom stereocenters. The van der Waals surface area contributed by atoms with Crippen LogP contribution in [0.1, 0.15) is 37.2 Å². The van der Waals surface area contributed by atoms with Gasteiger partial charge in [0.2, 0.25) is 10.0 Å². The molecule has 6 nitrogen and oxygen atoms in total. The Hall–Kier alpha value is -1.31. The number of rotatable bonds is 6. The van der Waals surface area contributed by atoms with Crippen molar-refractivity contribution in [2.24, 2.45) is 5.10 Å². The summed E-state index contributed by atoms with van der Waals surface area (Å²) in [4.78, 5) is 0. The van der Waals surface area contributed by atoms with Crippen molar-refractivity contribution in [1.82, 2.24) is 15.0 Å². The van der Waals surface area contributed by atoms with Crippen LogP contribution in [0.5, 0.6) is 0 Å². The van der Waals surface area contributed by atoms with Crippen molar-refractivity contribution in [3.8, 4) is 0 Å². The second kappa shape index (κ2) is 7.72. The summed E-state index contributed by atoms with van der Waals surface area (Å²) in [5.41, 5.74) is 4.06. The SMILES string of the molecule is O=S(=O)(CCCC1=NNCN1)N1CCC(c2ccc(Cl)cc2)CC1. The number of hydrazone groups is 1. The molecule has 1 aromatic carbocycles. The minimum atomic E-state index is -3.18. The van der Waals surface area contributed by atoms with E-state index in [1.54, 1.807) is 4.31 Å². The molecule has 2 aliphatic rings. The number of halogens is 1. The maximum atomic E-state index is 12.5. The van der Waals surface area contributed by atoms with Crippen molar-refractivity contribution in [1.29, 1.82) is 0 Å². The molecule has 1 aromatic rings. The normalized spacial score (nSPS) is 19.6. The fraction of sp³-hybridized carbons (Fsp3) is 0.562. The molecule has 132 valence electrons. The Balaban J connectivity index is 1.48. The van der Waals surface area contributed by atoms with E-state index in [2.05, 4.69) is 15.8 Å². The average Bonchev–Trinajstić information content (AvgIpc) is 3.09. The van der Waals surface area contributed by atoms with E-state index in [1.165, 1.54) is 5.56 Å². The molecule has 0 aromatic heterocycles. The van der Waals surface area contributed by atoms with Crippen molar-refractivity contribution in [3.05, 3.63) is 34.9 Å². The lowest BCUT2D eigenvalue weighted by Crippen LogP contribution is -2.39. The van der Waals surface area contributed by atoms with Crippen molar-refractivity contribution in [2.75, 3.05) is 25.5 Å². The number of sulfonamides is 1. The third kappa shape index (κ3) is 4.40. The van der Waals surface area contributed by atoms with Gasteiger partial charge in [-0.3, -0.25) is 5.43 Å². The second-order valence-corrected chi connectivity index (χ2v) is 8.74. The van der Waals surface area contributed by atoms with E-state index < -0.39 is 10.0 Å².